The molecule has 0 aliphatic heterocycles. The molecule has 2 rings (SSSR count). The largest absolute Gasteiger partial charge is 0.392 e. The lowest BCUT2D eigenvalue weighted by Crippen LogP contribution is -2.14. The van der Waals surface area contributed by atoms with Crippen LogP contribution in [0.25, 0.3) is 0 Å². The zero-order valence-corrected chi connectivity index (χ0v) is 12.6. The lowest BCUT2D eigenvalue weighted by atomic mass is 10.2. The molecule has 0 amide bonds. The molecule has 0 fully saturated rings. The minimum atomic E-state index is -3.84. The number of hydrogen-bond acceptors (Lipinski definition) is 3. The number of rotatable bonds is 4. The number of halogens is 2. The summed E-state index contributed by atoms with van der Waals surface area (Å²) in [5.41, 5.74) is 0.308. The second kappa shape index (κ2) is 5.90. The van der Waals surface area contributed by atoms with Crippen LogP contribution in [0.4, 0.5) is 10.1 Å². The van der Waals surface area contributed by atoms with Crippen LogP contribution in [-0.2, 0) is 16.6 Å². The molecule has 4 nitrogen and oxygen atoms in total. The Morgan fingerprint density at radius 3 is 2.55 bits per heavy atom. The fourth-order valence-corrected chi connectivity index (χ4v) is 3.23. The topological polar surface area (TPSA) is 66.4 Å². The van der Waals surface area contributed by atoms with Crippen LogP contribution in [-0.4, -0.2) is 13.5 Å². The van der Waals surface area contributed by atoms with Crippen LogP contribution in [0.3, 0.4) is 0 Å². The lowest BCUT2D eigenvalue weighted by Gasteiger charge is -2.10. The van der Waals surface area contributed by atoms with Gasteiger partial charge in [-0.15, -0.1) is 0 Å². The van der Waals surface area contributed by atoms with Crippen molar-refractivity contribution >= 4 is 31.6 Å². The third-order valence-electron chi connectivity index (χ3n) is 2.62. The van der Waals surface area contributed by atoms with E-state index in [9.17, 15) is 12.8 Å². The van der Waals surface area contributed by atoms with Gasteiger partial charge in [-0.2, -0.15) is 0 Å². The summed E-state index contributed by atoms with van der Waals surface area (Å²) in [6, 6.07) is 10.00. The van der Waals surface area contributed by atoms with Gasteiger partial charge in [0.15, 0.2) is 0 Å². The van der Waals surface area contributed by atoms with Crippen molar-refractivity contribution in [3.63, 3.8) is 0 Å². The third kappa shape index (κ3) is 3.17. The quantitative estimate of drug-likeness (QED) is 0.881. The van der Waals surface area contributed by atoms with E-state index in [1.54, 1.807) is 24.3 Å². The maximum absolute atomic E-state index is 13.3. The summed E-state index contributed by atoms with van der Waals surface area (Å²) in [6.07, 6.45) is 0. The maximum atomic E-state index is 13.3. The van der Waals surface area contributed by atoms with E-state index >= 15 is 0 Å². The van der Waals surface area contributed by atoms with Gasteiger partial charge in [0.05, 0.1) is 17.2 Å². The number of hydrogen-bond donors (Lipinski definition) is 2. The van der Waals surface area contributed by atoms with E-state index < -0.39 is 22.4 Å². The van der Waals surface area contributed by atoms with E-state index in [2.05, 4.69) is 20.7 Å². The average molecular weight is 360 g/mol. The van der Waals surface area contributed by atoms with Gasteiger partial charge in [0.2, 0.25) is 0 Å². The molecule has 106 valence electrons. The van der Waals surface area contributed by atoms with Gasteiger partial charge in [0.1, 0.15) is 5.82 Å². The van der Waals surface area contributed by atoms with E-state index in [0.29, 0.717) is 10.2 Å². The summed E-state index contributed by atoms with van der Waals surface area (Å²) < 4.78 is 40.6. The summed E-state index contributed by atoms with van der Waals surface area (Å²) in [7, 11) is -3.84. The van der Waals surface area contributed by atoms with E-state index in [-0.39, 0.29) is 10.5 Å². The highest BCUT2D eigenvalue weighted by Gasteiger charge is 2.17. The summed E-state index contributed by atoms with van der Waals surface area (Å²) in [4.78, 5) is -0.112. The van der Waals surface area contributed by atoms with Gasteiger partial charge in [-0.05, 0) is 46.3 Å². The molecule has 0 aliphatic carbocycles. The van der Waals surface area contributed by atoms with Gasteiger partial charge in [0.25, 0.3) is 10.0 Å². The summed E-state index contributed by atoms with van der Waals surface area (Å²) >= 11 is 3.23. The molecule has 20 heavy (non-hydrogen) atoms. The second-order valence-corrected chi connectivity index (χ2v) is 6.53. The molecule has 0 aromatic heterocycles. The Morgan fingerprint density at radius 1 is 1.20 bits per heavy atom. The molecule has 2 aromatic carbocycles. The Labute approximate surface area is 124 Å². The predicted octanol–water partition coefficient (Wildman–Crippen LogP) is 2.88. The van der Waals surface area contributed by atoms with Crippen LogP contribution < -0.4 is 4.72 Å². The minimum Gasteiger partial charge on any atom is -0.392 e. The second-order valence-electron chi connectivity index (χ2n) is 4.00. The van der Waals surface area contributed by atoms with Crippen molar-refractivity contribution in [2.24, 2.45) is 0 Å². The van der Waals surface area contributed by atoms with Crippen molar-refractivity contribution in [3.8, 4) is 0 Å². The van der Waals surface area contributed by atoms with Crippen LogP contribution >= 0.6 is 15.9 Å². The Bertz CT molecular complexity index is 734. The molecule has 7 heteroatoms. The van der Waals surface area contributed by atoms with Crippen molar-refractivity contribution in [2.45, 2.75) is 11.5 Å². The predicted molar refractivity (Wildman–Crippen MR) is 77.3 cm³/mol. The Morgan fingerprint density at radius 2 is 1.90 bits per heavy atom. The number of nitrogens with one attached hydrogen (secondary N) is 1. The smallest absolute Gasteiger partial charge is 0.261 e. The van der Waals surface area contributed by atoms with E-state index in [4.69, 9.17) is 5.11 Å². The molecule has 0 saturated carbocycles. The van der Waals surface area contributed by atoms with Crippen molar-refractivity contribution in [2.75, 3.05) is 4.72 Å². The van der Waals surface area contributed by atoms with Crippen molar-refractivity contribution in [1.29, 1.82) is 0 Å². The van der Waals surface area contributed by atoms with E-state index in [1.807, 2.05) is 0 Å². The first-order valence-electron chi connectivity index (χ1n) is 5.60. The first-order chi connectivity index (χ1) is 9.44. The molecular formula is C13H11BrFNO3S. The van der Waals surface area contributed by atoms with Gasteiger partial charge < -0.3 is 5.11 Å². The molecule has 0 bridgehead atoms. The molecule has 0 saturated heterocycles. The van der Waals surface area contributed by atoms with Crippen molar-refractivity contribution in [1.82, 2.24) is 0 Å². The van der Waals surface area contributed by atoms with Gasteiger partial charge in [-0.3, -0.25) is 4.72 Å². The molecule has 2 N–H and O–H groups in total. The number of sulfonamides is 1. The minimum absolute atomic E-state index is 0.0694. The number of aliphatic hydroxyl groups excluding tert-OH is 1. The first kappa shape index (κ1) is 15.0. The zero-order chi connectivity index (χ0) is 14.8. The Kier molecular flexibility index (Phi) is 4.42. The molecule has 0 heterocycles. The van der Waals surface area contributed by atoms with Crippen LogP contribution in [0.5, 0.6) is 0 Å². The number of aliphatic hydroxyl groups is 1. The first-order valence-corrected chi connectivity index (χ1v) is 7.88. The highest BCUT2D eigenvalue weighted by atomic mass is 79.9. The summed E-state index contributed by atoms with van der Waals surface area (Å²) in [5.74, 6) is -0.646. The zero-order valence-electron chi connectivity index (χ0n) is 10.2. The van der Waals surface area contributed by atoms with Gasteiger partial charge in [0, 0.05) is 10.0 Å². The molecular weight excluding hydrogens is 349 g/mol. The van der Waals surface area contributed by atoms with Crippen LogP contribution in [0.15, 0.2) is 51.8 Å². The normalized spacial score (nSPS) is 11.3. The summed E-state index contributed by atoms with van der Waals surface area (Å²) in [5, 5.41) is 8.98. The Balaban J connectivity index is 2.38. The molecule has 0 atom stereocenters. The standard InChI is InChI=1S/C13H11BrFNO3S/c14-11-3-1-2-4-13(11)16-20(18,19)10-5-6-12(15)9(7-10)8-17/h1-7,16-17H,8H2. The number of para-hydroxylation sites is 1. The van der Waals surface area contributed by atoms with Gasteiger partial charge in [-0.1, -0.05) is 12.1 Å². The average Bonchev–Trinajstić information content (AvgIpc) is 2.41. The van der Waals surface area contributed by atoms with E-state index in [1.165, 1.54) is 0 Å². The highest BCUT2D eigenvalue weighted by Crippen LogP contribution is 2.25. The van der Waals surface area contributed by atoms with Crippen molar-refractivity contribution in [3.05, 3.63) is 58.3 Å². The monoisotopic (exact) mass is 359 g/mol. The van der Waals surface area contributed by atoms with E-state index in [0.717, 1.165) is 18.2 Å². The van der Waals surface area contributed by atoms with Gasteiger partial charge in [-0.25, -0.2) is 12.8 Å². The molecule has 0 aliphatic rings. The Hall–Kier alpha value is -1.44. The SMILES string of the molecule is O=S(=O)(Nc1ccccc1Br)c1ccc(F)c(CO)c1. The summed E-state index contributed by atoms with van der Waals surface area (Å²) in [6.45, 7) is -0.565. The number of anilines is 1. The fourth-order valence-electron chi connectivity index (χ4n) is 1.59. The van der Waals surface area contributed by atoms with Crippen LogP contribution in [0, 0.1) is 5.82 Å². The molecule has 0 radical (unpaired) electrons. The fraction of sp³-hybridized carbons (Fsp3) is 0.0769. The molecule has 2 aromatic rings. The van der Waals surface area contributed by atoms with Gasteiger partial charge >= 0.3 is 0 Å². The molecule has 0 unspecified atom stereocenters. The van der Waals surface area contributed by atoms with Crippen LogP contribution in [0.1, 0.15) is 5.56 Å². The van der Waals surface area contributed by atoms with Crippen LogP contribution in [0.2, 0.25) is 0 Å². The highest BCUT2D eigenvalue weighted by molar-refractivity contribution is 9.10. The number of benzene rings is 2. The van der Waals surface area contributed by atoms with Crippen molar-refractivity contribution < 1.29 is 17.9 Å². The molecule has 0 spiro atoms. The lowest BCUT2D eigenvalue weighted by molar-refractivity contribution is 0.275. The maximum Gasteiger partial charge on any atom is 0.261 e. The third-order valence-corrected chi connectivity index (χ3v) is 4.67.